The molecular formula is C19H21BN2O3. The minimum absolute atomic E-state index is 0.212. The number of amides is 1. The standard InChI is InChI=1S/C19H21BN2O3/c21-19(25)11-9-16(18(24)17(23)10-11)22-14-7-3-1-5-12(14)20-13-6-2-4-8-15(13)22/h1-8,11,16-18,20,23-24H,9-10H2,(H2,21,25). The van der Waals surface area contributed by atoms with Crippen LogP contribution in [-0.2, 0) is 4.79 Å². The van der Waals surface area contributed by atoms with E-state index in [1.807, 2.05) is 36.4 Å². The van der Waals surface area contributed by atoms with Crippen molar-refractivity contribution in [3.63, 3.8) is 0 Å². The van der Waals surface area contributed by atoms with Crippen molar-refractivity contribution in [1.82, 2.24) is 0 Å². The summed E-state index contributed by atoms with van der Waals surface area (Å²) < 4.78 is 0. The van der Waals surface area contributed by atoms with Crippen molar-refractivity contribution in [3.05, 3.63) is 48.5 Å². The zero-order valence-corrected chi connectivity index (χ0v) is 13.9. The summed E-state index contributed by atoms with van der Waals surface area (Å²) >= 11 is 0. The third-order valence-corrected chi connectivity index (χ3v) is 5.46. The molecule has 5 nitrogen and oxygen atoms in total. The molecule has 4 atom stereocenters. The van der Waals surface area contributed by atoms with Crippen molar-refractivity contribution in [2.45, 2.75) is 31.1 Å². The third-order valence-electron chi connectivity index (χ3n) is 5.46. The molecule has 4 N–H and O–H groups in total. The highest BCUT2D eigenvalue weighted by Gasteiger charge is 2.43. The van der Waals surface area contributed by atoms with Gasteiger partial charge in [-0.3, -0.25) is 4.79 Å². The maximum Gasteiger partial charge on any atom is 0.220 e. The highest BCUT2D eigenvalue weighted by atomic mass is 16.3. The predicted molar refractivity (Wildman–Crippen MR) is 99.2 cm³/mol. The first-order valence-electron chi connectivity index (χ1n) is 8.66. The van der Waals surface area contributed by atoms with Crippen LogP contribution < -0.4 is 21.6 Å². The second kappa shape index (κ2) is 6.21. The van der Waals surface area contributed by atoms with Crippen LogP contribution in [0.5, 0.6) is 0 Å². The largest absolute Gasteiger partial charge is 0.390 e. The van der Waals surface area contributed by atoms with Crippen LogP contribution in [0.2, 0.25) is 0 Å². The van der Waals surface area contributed by atoms with Gasteiger partial charge in [-0.2, -0.15) is 0 Å². The quantitative estimate of drug-likeness (QED) is 0.646. The number of rotatable bonds is 2. The molecule has 2 aliphatic rings. The summed E-state index contributed by atoms with van der Waals surface area (Å²) in [5.41, 5.74) is 9.88. The van der Waals surface area contributed by atoms with Crippen LogP contribution in [0.25, 0.3) is 0 Å². The SMILES string of the molecule is NC(=O)C1CC(O)C(O)C(N2c3ccccc3Bc3ccccc32)C1. The summed E-state index contributed by atoms with van der Waals surface area (Å²) in [7, 11) is 0.827. The van der Waals surface area contributed by atoms with Gasteiger partial charge in [0.05, 0.1) is 12.1 Å². The van der Waals surface area contributed by atoms with E-state index in [0.717, 1.165) is 18.7 Å². The van der Waals surface area contributed by atoms with Crippen molar-refractivity contribution in [2.24, 2.45) is 11.7 Å². The number of anilines is 2. The molecule has 0 saturated heterocycles. The van der Waals surface area contributed by atoms with Crippen LogP contribution in [0.15, 0.2) is 48.5 Å². The van der Waals surface area contributed by atoms with Gasteiger partial charge in [-0.15, -0.1) is 0 Å². The number of benzene rings is 2. The van der Waals surface area contributed by atoms with E-state index in [4.69, 9.17) is 5.73 Å². The van der Waals surface area contributed by atoms with Gasteiger partial charge in [-0.25, -0.2) is 0 Å². The monoisotopic (exact) mass is 336 g/mol. The van der Waals surface area contributed by atoms with Crippen LogP contribution in [0.4, 0.5) is 11.4 Å². The van der Waals surface area contributed by atoms with Gasteiger partial charge in [-0.05, 0) is 25.0 Å². The Balaban J connectivity index is 1.82. The van der Waals surface area contributed by atoms with Gasteiger partial charge in [0.1, 0.15) is 6.10 Å². The summed E-state index contributed by atoms with van der Waals surface area (Å²) in [5.74, 6) is -0.862. The van der Waals surface area contributed by atoms with E-state index in [1.165, 1.54) is 10.9 Å². The summed E-state index contributed by atoms with van der Waals surface area (Å²) in [6.07, 6.45) is -1.26. The molecular weight excluding hydrogens is 315 g/mol. The van der Waals surface area contributed by atoms with E-state index < -0.39 is 30.1 Å². The molecule has 1 aliphatic carbocycles. The molecule has 1 amide bonds. The van der Waals surface area contributed by atoms with Crippen LogP contribution >= 0.6 is 0 Å². The Morgan fingerprint density at radius 2 is 1.56 bits per heavy atom. The van der Waals surface area contributed by atoms with E-state index in [9.17, 15) is 15.0 Å². The van der Waals surface area contributed by atoms with Gasteiger partial charge in [-0.1, -0.05) is 47.3 Å². The second-order valence-electron chi connectivity index (χ2n) is 7.00. The number of aliphatic hydroxyl groups is 2. The molecule has 1 saturated carbocycles. The Kier molecular flexibility index (Phi) is 4.02. The molecule has 6 heteroatoms. The molecule has 25 heavy (non-hydrogen) atoms. The number of hydrogen-bond acceptors (Lipinski definition) is 4. The summed E-state index contributed by atoms with van der Waals surface area (Å²) in [6.45, 7) is 0. The first-order valence-corrected chi connectivity index (χ1v) is 8.66. The first-order chi connectivity index (χ1) is 12.1. The highest BCUT2D eigenvalue weighted by molar-refractivity contribution is 6.71. The number of aliphatic hydroxyl groups excluding tert-OH is 2. The molecule has 4 unspecified atom stereocenters. The molecule has 4 rings (SSSR count). The molecule has 0 bridgehead atoms. The fourth-order valence-corrected chi connectivity index (χ4v) is 4.19. The van der Waals surface area contributed by atoms with E-state index in [2.05, 4.69) is 17.0 Å². The molecule has 2 aromatic carbocycles. The molecule has 1 aliphatic heterocycles. The first kappa shape index (κ1) is 16.2. The normalized spacial score (nSPS) is 27.8. The highest BCUT2D eigenvalue weighted by Crippen LogP contribution is 2.36. The summed E-state index contributed by atoms with van der Waals surface area (Å²) in [5, 5.41) is 21.0. The lowest BCUT2D eigenvalue weighted by Crippen LogP contribution is -2.57. The van der Waals surface area contributed by atoms with Crippen molar-refractivity contribution in [3.8, 4) is 0 Å². The smallest absolute Gasteiger partial charge is 0.220 e. The number of nitrogens with two attached hydrogens (primary N) is 1. The van der Waals surface area contributed by atoms with E-state index in [0.29, 0.717) is 6.42 Å². The average molecular weight is 336 g/mol. The Hall–Kier alpha value is -2.31. The van der Waals surface area contributed by atoms with Gasteiger partial charge in [0, 0.05) is 17.3 Å². The number of carbonyl (C=O) groups is 1. The number of primary amides is 1. The number of para-hydroxylation sites is 2. The van der Waals surface area contributed by atoms with Crippen LogP contribution in [0.3, 0.4) is 0 Å². The van der Waals surface area contributed by atoms with Gasteiger partial charge in [0.2, 0.25) is 5.91 Å². The summed E-state index contributed by atoms with van der Waals surface area (Å²) in [6, 6.07) is 15.8. The minimum Gasteiger partial charge on any atom is -0.390 e. The Morgan fingerprint density at radius 1 is 1.00 bits per heavy atom. The maximum absolute atomic E-state index is 11.7. The van der Waals surface area contributed by atoms with Gasteiger partial charge < -0.3 is 20.8 Å². The van der Waals surface area contributed by atoms with Crippen molar-refractivity contribution in [1.29, 1.82) is 0 Å². The second-order valence-corrected chi connectivity index (χ2v) is 7.00. The van der Waals surface area contributed by atoms with Gasteiger partial charge in [0.25, 0.3) is 0 Å². The van der Waals surface area contributed by atoms with E-state index >= 15 is 0 Å². The maximum atomic E-state index is 11.7. The fourth-order valence-electron chi connectivity index (χ4n) is 4.19. The van der Waals surface area contributed by atoms with Crippen molar-refractivity contribution < 1.29 is 15.0 Å². The predicted octanol–water partition coefficient (Wildman–Crippen LogP) is -0.489. The van der Waals surface area contributed by atoms with E-state index in [-0.39, 0.29) is 6.42 Å². The third kappa shape index (κ3) is 2.71. The Morgan fingerprint density at radius 3 is 2.12 bits per heavy atom. The number of hydrogen-bond donors (Lipinski definition) is 3. The lowest BCUT2D eigenvalue weighted by molar-refractivity contribution is -0.126. The number of carbonyl (C=O) groups excluding carboxylic acids is 1. The summed E-state index contributed by atoms with van der Waals surface area (Å²) in [4.78, 5) is 13.8. The van der Waals surface area contributed by atoms with E-state index in [1.54, 1.807) is 0 Å². The zero-order valence-electron chi connectivity index (χ0n) is 13.9. The lowest BCUT2D eigenvalue weighted by atomic mass is 9.60. The molecule has 2 aromatic rings. The van der Waals surface area contributed by atoms with Crippen LogP contribution in [0, 0.1) is 5.92 Å². The molecule has 0 radical (unpaired) electrons. The van der Waals surface area contributed by atoms with Crippen LogP contribution in [-0.4, -0.2) is 41.6 Å². The molecule has 0 spiro atoms. The fraction of sp³-hybridized carbons (Fsp3) is 0.316. The van der Waals surface area contributed by atoms with Gasteiger partial charge >= 0.3 is 0 Å². The van der Waals surface area contributed by atoms with Gasteiger partial charge in [0.15, 0.2) is 7.28 Å². The lowest BCUT2D eigenvalue weighted by Gasteiger charge is -2.45. The average Bonchev–Trinajstić information content (AvgIpc) is 2.62. The Bertz CT molecular complexity index is 767. The molecule has 128 valence electrons. The zero-order chi connectivity index (χ0) is 17.6. The van der Waals surface area contributed by atoms with Crippen molar-refractivity contribution >= 4 is 35.5 Å². The topological polar surface area (TPSA) is 86.8 Å². The van der Waals surface area contributed by atoms with Crippen LogP contribution in [0.1, 0.15) is 12.8 Å². The molecule has 1 fully saturated rings. The number of fused-ring (bicyclic) bond motifs is 2. The minimum atomic E-state index is -0.961. The van der Waals surface area contributed by atoms with Crippen molar-refractivity contribution in [2.75, 3.05) is 4.90 Å². The number of nitrogens with zero attached hydrogens (tertiary/aromatic N) is 1. The molecule has 1 heterocycles. The Labute approximate surface area is 147 Å². The molecule has 0 aromatic heterocycles.